The standard InChI is InChI=1S/C12H18N5O14P3/c1-5(18)29-34(26,31-33(24,25)30-32(21,22)23)27-2-6-8(19)9(20)12(28-6)17-4-16-7-10(13)14-3-15-11(7)17/h3-4,6,8-9,12,19-20H,2H2,1H3,(H,24,25)(H2,13,14,15)(H2,21,22,23)/t6-,8-,9-,12-,34?/m1/s1. The Morgan fingerprint density at radius 3 is 2.44 bits per heavy atom. The van der Waals surface area contributed by atoms with E-state index in [1.54, 1.807) is 0 Å². The fourth-order valence-corrected chi connectivity index (χ4v) is 6.31. The zero-order valence-corrected chi connectivity index (χ0v) is 19.5. The summed E-state index contributed by atoms with van der Waals surface area (Å²) in [4.78, 5) is 49.6. The number of rotatable bonds is 9. The number of phosphoric ester groups is 1. The van der Waals surface area contributed by atoms with Gasteiger partial charge in [-0.2, -0.15) is 8.62 Å². The maximum atomic E-state index is 12.6. The van der Waals surface area contributed by atoms with Gasteiger partial charge in [0.1, 0.15) is 30.2 Å². The number of fused-ring (bicyclic) bond motifs is 1. The average Bonchev–Trinajstić information content (AvgIpc) is 3.20. The highest BCUT2D eigenvalue weighted by atomic mass is 31.3. The normalized spacial score (nSPS) is 26.8. The summed E-state index contributed by atoms with van der Waals surface area (Å²) in [6.07, 6.45) is -3.84. The maximum Gasteiger partial charge on any atom is 0.541 e. The molecule has 0 spiro atoms. The lowest BCUT2D eigenvalue weighted by atomic mass is 10.1. The van der Waals surface area contributed by atoms with E-state index in [1.165, 1.54) is 10.9 Å². The predicted octanol–water partition coefficient (Wildman–Crippen LogP) is -1.06. The number of carbonyl (C=O) groups excluding carboxylic acids is 1. The van der Waals surface area contributed by atoms with Gasteiger partial charge in [-0.3, -0.25) is 13.9 Å². The van der Waals surface area contributed by atoms with Gasteiger partial charge in [0.05, 0.1) is 12.9 Å². The number of hydrogen-bond acceptors (Lipinski definition) is 15. The van der Waals surface area contributed by atoms with Crippen LogP contribution in [0.2, 0.25) is 0 Å². The molecular weight excluding hydrogens is 531 g/mol. The minimum atomic E-state index is -5.78. The zero-order chi connectivity index (χ0) is 25.5. The van der Waals surface area contributed by atoms with Crippen molar-refractivity contribution in [3.05, 3.63) is 12.7 Å². The van der Waals surface area contributed by atoms with Gasteiger partial charge in [-0.05, 0) is 0 Å². The van der Waals surface area contributed by atoms with Crippen molar-refractivity contribution >= 4 is 46.4 Å². The first-order chi connectivity index (χ1) is 15.6. The Kier molecular flexibility index (Phi) is 7.60. The number of aromatic nitrogens is 4. The summed E-state index contributed by atoms with van der Waals surface area (Å²) in [6.45, 7) is -0.261. The van der Waals surface area contributed by atoms with Crippen LogP contribution in [-0.2, 0) is 40.9 Å². The van der Waals surface area contributed by atoms with Crippen LogP contribution in [0, 0.1) is 0 Å². The minimum absolute atomic E-state index is 0.0297. The van der Waals surface area contributed by atoms with Crippen molar-refractivity contribution in [1.82, 2.24) is 19.5 Å². The molecule has 19 nitrogen and oxygen atoms in total. The fraction of sp³-hybridized carbons (Fsp3) is 0.500. The van der Waals surface area contributed by atoms with Gasteiger partial charge >= 0.3 is 29.4 Å². The Morgan fingerprint density at radius 1 is 1.15 bits per heavy atom. The molecule has 1 saturated heterocycles. The van der Waals surface area contributed by atoms with Gasteiger partial charge in [0.15, 0.2) is 17.7 Å². The molecule has 1 aliphatic rings. The maximum absolute atomic E-state index is 12.6. The molecular formula is C12H18N5O14P3. The number of anilines is 1. The Labute approximate surface area is 188 Å². The van der Waals surface area contributed by atoms with Gasteiger partial charge in [0.25, 0.3) is 0 Å². The molecule has 1 fully saturated rings. The second-order valence-corrected chi connectivity index (χ2v) is 11.1. The Bertz CT molecular complexity index is 1220. The quantitative estimate of drug-likeness (QED) is 0.203. The second-order valence-electron chi connectivity index (χ2n) is 6.58. The molecule has 2 unspecified atom stereocenters. The molecule has 6 atom stereocenters. The van der Waals surface area contributed by atoms with Gasteiger partial charge in [-0.25, -0.2) is 28.6 Å². The summed E-state index contributed by atoms with van der Waals surface area (Å²) in [5.74, 6) is -1.31. The fourth-order valence-electron chi connectivity index (χ4n) is 2.82. The van der Waals surface area contributed by atoms with Crippen LogP contribution in [0.1, 0.15) is 13.2 Å². The van der Waals surface area contributed by atoms with E-state index >= 15 is 0 Å². The van der Waals surface area contributed by atoms with E-state index in [-0.39, 0.29) is 17.0 Å². The molecule has 3 rings (SSSR count). The van der Waals surface area contributed by atoms with E-state index in [0.717, 1.165) is 6.33 Å². The smallest absolute Gasteiger partial charge is 0.387 e. The number of hydrogen-bond donors (Lipinski definition) is 6. The lowest BCUT2D eigenvalue weighted by molar-refractivity contribution is -0.133. The van der Waals surface area contributed by atoms with Crippen molar-refractivity contribution in [3.8, 4) is 0 Å². The topological polar surface area (TPSA) is 285 Å². The summed E-state index contributed by atoms with van der Waals surface area (Å²) >= 11 is 0. The van der Waals surface area contributed by atoms with Gasteiger partial charge in [-0.15, -0.1) is 0 Å². The van der Waals surface area contributed by atoms with Crippen LogP contribution in [0.25, 0.3) is 11.2 Å². The highest BCUT2D eigenvalue weighted by Crippen LogP contribution is 2.68. The number of nitrogen functional groups attached to an aromatic ring is 1. The van der Waals surface area contributed by atoms with E-state index < -0.39 is 60.6 Å². The first-order valence-electron chi connectivity index (χ1n) is 8.81. The van der Waals surface area contributed by atoms with E-state index in [0.29, 0.717) is 6.92 Å². The van der Waals surface area contributed by atoms with Crippen LogP contribution in [-0.4, -0.2) is 75.3 Å². The lowest BCUT2D eigenvalue weighted by Gasteiger charge is -2.21. The van der Waals surface area contributed by atoms with Crippen LogP contribution in [0.15, 0.2) is 12.7 Å². The molecule has 0 aliphatic carbocycles. The third kappa shape index (κ3) is 6.23. The van der Waals surface area contributed by atoms with Gasteiger partial charge < -0.3 is 39.9 Å². The average molecular weight is 549 g/mol. The molecule has 0 bridgehead atoms. The number of nitrogens with two attached hydrogens (primary N) is 1. The third-order valence-corrected chi connectivity index (χ3v) is 8.30. The summed E-state index contributed by atoms with van der Waals surface area (Å²) in [6, 6.07) is 0. The zero-order valence-electron chi connectivity index (χ0n) is 16.8. The highest BCUT2D eigenvalue weighted by molar-refractivity contribution is 7.67. The summed E-state index contributed by atoms with van der Waals surface area (Å²) in [7, 11) is -16.8. The van der Waals surface area contributed by atoms with E-state index in [2.05, 4.69) is 28.1 Å². The highest BCUT2D eigenvalue weighted by Gasteiger charge is 2.48. The molecule has 1 aliphatic heterocycles. The molecule has 0 saturated carbocycles. The number of aliphatic hydroxyl groups is 2. The van der Waals surface area contributed by atoms with Crippen molar-refractivity contribution in [1.29, 1.82) is 0 Å². The van der Waals surface area contributed by atoms with E-state index in [1.807, 2.05) is 0 Å². The molecule has 190 valence electrons. The van der Waals surface area contributed by atoms with E-state index in [4.69, 9.17) is 24.8 Å². The molecule has 0 radical (unpaired) electrons. The Hall–Kier alpha value is -1.85. The van der Waals surface area contributed by atoms with Crippen LogP contribution >= 0.6 is 23.5 Å². The van der Waals surface area contributed by atoms with Crippen molar-refractivity contribution in [2.24, 2.45) is 0 Å². The summed E-state index contributed by atoms with van der Waals surface area (Å²) < 4.78 is 58.3. The molecule has 34 heavy (non-hydrogen) atoms. The summed E-state index contributed by atoms with van der Waals surface area (Å²) in [5.41, 5.74) is 6.00. The first kappa shape index (κ1) is 26.7. The van der Waals surface area contributed by atoms with Crippen molar-refractivity contribution < 1.29 is 65.8 Å². The van der Waals surface area contributed by atoms with Gasteiger partial charge in [0, 0.05) is 6.92 Å². The predicted molar refractivity (Wildman–Crippen MR) is 105 cm³/mol. The number of nitrogens with zero attached hydrogens (tertiary/aromatic N) is 4. The molecule has 0 amide bonds. The lowest BCUT2D eigenvalue weighted by Crippen LogP contribution is -2.33. The SMILES string of the molecule is CC(=O)OP(=O)(OC[C@H]1O[C@@H](n2cnc3c(N)ncnc32)[C@H](O)[C@@H]1O)OP(=O)(O)OP(=O)(O)O. The van der Waals surface area contributed by atoms with Crippen molar-refractivity contribution in [2.75, 3.05) is 12.3 Å². The first-order valence-corrected chi connectivity index (χ1v) is 13.3. The number of imidazole rings is 1. The van der Waals surface area contributed by atoms with E-state index in [9.17, 15) is 33.6 Å². The number of phosphoric acid groups is 3. The van der Waals surface area contributed by atoms with Crippen LogP contribution < -0.4 is 5.73 Å². The van der Waals surface area contributed by atoms with Crippen molar-refractivity contribution in [2.45, 2.75) is 31.5 Å². The monoisotopic (exact) mass is 549 g/mol. The number of aliphatic hydroxyl groups excluding tert-OH is 2. The van der Waals surface area contributed by atoms with Gasteiger partial charge in [0.2, 0.25) is 0 Å². The third-order valence-electron chi connectivity index (χ3n) is 4.05. The minimum Gasteiger partial charge on any atom is -0.387 e. The molecule has 0 aromatic carbocycles. The van der Waals surface area contributed by atoms with Crippen LogP contribution in [0.5, 0.6) is 0 Å². The molecule has 7 N–H and O–H groups in total. The van der Waals surface area contributed by atoms with Crippen LogP contribution in [0.4, 0.5) is 5.82 Å². The number of ether oxygens (including phenoxy) is 1. The molecule has 2 aromatic rings. The second kappa shape index (κ2) is 9.66. The largest absolute Gasteiger partial charge is 0.541 e. The summed E-state index contributed by atoms with van der Waals surface area (Å²) in [5, 5.41) is 20.7. The van der Waals surface area contributed by atoms with Crippen LogP contribution in [0.3, 0.4) is 0 Å². The molecule has 2 aromatic heterocycles. The Balaban J connectivity index is 1.77. The molecule has 3 heterocycles. The van der Waals surface area contributed by atoms with Gasteiger partial charge in [-0.1, -0.05) is 0 Å². The Morgan fingerprint density at radius 2 is 1.82 bits per heavy atom. The molecule has 22 heteroatoms. The van der Waals surface area contributed by atoms with Crippen molar-refractivity contribution in [3.63, 3.8) is 0 Å². The number of carbonyl (C=O) groups is 1.